The molecule has 1 aromatic carbocycles. The van der Waals surface area contributed by atoms with E-state index in [0.717, 1.165) is 50.5 Å². The van der Waals surface area contributed by atoms with E-state index in [4.69, 9.17) is 4.74 Å². The molecule has 0 spiro atoms. The first-order chi connectivity index (χ1) is 10.6. The van der Waals surface area contributed by atoms with Crippen molar-refractivity contribution in [1.29, 1.82) is 0 Å². The van der Waals surface area contributed by atoms with Crippen LogP contribution in [-0.4, -0.2) is 49.0 Å². The Labute approximate surface area is 133 Å². The number of carbonyl (C=O) groups excluding carboxylic acids is 1. The molecule has 0 aromatic heterocycles. The van der Waals surface area contributed by atoms with Crippen LogP contribution in [0.1, 0.15) is 25.8 Å². The molecule has 0 aliphatic carbocycles. The maximum absolute atomic E-state index is 12.1. The first-order valence-corrected chi connectivity index (χ1v) is 7.87. The maximum Gasteiger partial charge on any atom is 0.246 e. The van der Waals surface area contributed by atoms with Crippen LogP contribution in [0.4, 0.5) is 0 Å². The van der Waals surface area contributed by atoms with Crippen LogP contribution in [0.2, 0.25) is 0 Å². The van der Waals surface area contributed by atoms with E-state index in [-0.39, 0.29) is 5.91 Å². The van der Waals surface area contributed by atoms with Gasteiger partial charge in [-0.15, -0.1) is 0 Å². The Kier molecular flexibility index (Phi) is 6.01. The number of rotatable bonds is 4. The molecule has 0 bridgehead atoms. The average Bonchev–Trinajstić information content (AvgIpc) is 2.73. The summed E-state index contributed by atoms with van der Waals surface area (Å²) in [6, 6.07) is 8.21. The van der Waals surface area contributed by atoms with Crippen molar-refractivity contribution in [3.8, 4) is 5.75 Å². The second kappa shape index (κ2) is 7.99. The highest BCUT2D eigenvalue weighted by Gasteiger charge is 2.17. The molecule has 1 amide bonds. The number of methoxy groups -OCH3 is 1. The molecule has 4 nitrogen and oxygen atoms in total. The van der Waals surface area contributed by atoms with Gasteiger partial charge in [-0.2, -0.15) is 0 Å². The van der Waals surface area contributed by atoms with Gasteiger partial charge < -0.3 is 9.64 Å². The average molecular weight is 302 g/mol. The van der Waals surface area contributed by atoms with Gasteiger partial charge in [0.05, 0.1) is 7.11 Å². The van der Waals surface area contributed by atoms with Gasteiger partial charge in [-0.25, -0.2) is 0 Å². The van der Waals surface area contributed by atoms with E-state index in [9.17, 15) is 4.79 Å². The van der Waals surface area contributed by atoms with Gasteiger partial charge in [-0.05, 0) is 38.0 Å². The Balaban J connectivity index is 1.89. The highest BCUT2D eigenvalue weighted by molar-refractivity contribution is 5.88. The third-order valence-electron chi connectivity index (χ3n) is 3.88. The van der Waals surface area contributed by atoms with Crippen LogP contribution in [0.25, 0.3) is 0 Å². The van der Waals surface area contributed by atoms with E-state index in [1.165, 1.54) is 5.56 Å². The zero-order valence-corrected chi connectivity index (χ0v) is 13.8. The zero-order chi connectivity index (χ0) is 15.9. The summed E-state index contributed by atoms with van der Waals surface area (Å²) in [5, 5.41) is 0. The number of benzene rings is 1. The number of hydrogen-bond acceptors (Lipinski definition) is 3. The minimum Gasteiger partial charge on any atom is -0.497 e. The molecule has 0 unspecified atom stereocenters. The largest absolute Gasteiger partial charge is 0.497 e. The topological polar surface area (TPSA) is 32.8 Å². The van der Waals surface area contributed by atoms with Gasteiger partial charge in [0.2, 0.25) is 5.91 Å². The Morgan fingerprint density at radius 1 is 1.14 bits per heavy atom. The fourth-order valence-electron chi connectivity index (χ4n) is 2.68. The third-order valence-corrected chi connectivity index (χ3v) is 3.88. The van der Waals surface area contributed by atoms with Crippen molar-refractivity contribution in [3.63, 3.8) is 0 Å². The Morgan fingerprint density at radius 3 is 2.50 bits per heavy atom. The van der Waals surface area contributed by atoms with E-state index in [2.05, 4.69) is 17.0 Å². The predicted octanol–water partition coefficient (Wildman–Crippen LogP) is 2.70. The first-order valence-electron chi connectivity index (χ1n) is 7.87. The van der Waals surface area contributed by atoms with E-state index in [0.29, 0.717) is 0 Å². The van der Waals surface area contributed by atoms with E-state index < -0.39 is 0 Å². The van der Waals surface area contributed by atoms with Crippen molar-refractivity contribution in [2.45, 2.75) is 26.8 Å². The molecule has 0 N–H and O–H groups in total. The lowest BCUT2D eigenvalue weighted by Gasteiger charge is -2.21. The van der Waals surface area contributed by atoms with E-state index >= 15 is 0 Å². The molecule has 1 heterocycles. The van der Waals surface area contributed by atoms with Crippen LogP contribution in [-0.2, 0) is 11.3 Å². The second-order valence-corrected chi connectivity index (χ2v) is 6.02. The molecule has 1 fully saturated rings. The summed E-state index contributed by atoms with van der Waals surface area (Å²) in [5.41, 5.74) is 2.34. The van der Waals surface area contributed by atoms with Crippen molar-refractivity contribution in [3.05, 3.63) is 41.5 Å². The van der Waals surface area contributed by atoms with Gasteiger partial charge in [-0.1, -0.05) is 17.7 Å². The normalized spacial score (nSPS) is 16.0. The first kappa shape index (κ1) is 16.6. The molecular weight excluding hydrogens is 276 g/mol. The van der Waals surface area contributed by atoms with Crippen LogP contribution in [0.3, 0.4) is 0 Å². The minimum absolute atomic E-state index is 0.145. The molecule has 1 aromatic rings. The molecule has 1 saturated heterocycles. The van der Waals surface area contributed by atoms with Gasteiger partial charge in [0.25, 0.3) is 0 Å². The van der Waals surface area contributed by atoms with Crippen molar-refractivity contribution in [1.82, 2.24) is 9.80 Å². The van der Waals surface area contributed by atoms with E-state index in [1.807, 2.05) is 30.9 Å². The van der Waals surface area contributed by atoms with Crippen LogP contribution in [0.15, 0.2) is 35.9 Å². The Morgan fingerprint density at radius 2 is 1.86 bits per heavy atom. The summed E-state index contributed by atoms with van der Waals surface area (Å²) >= 11 is 0. The van der Waals surface area contributed by atoms with Gasteiger partial charge >= 0.3 is 0 Å². The summed E-state index contributed by atoms with van der Waals surface area (Å²) in [6.07, 6.45) is 2.76. The van der Waals surface area contributed by atoms with Crippen LogP contribution in [0.5, 0.6) is 5.75 Å². The summed E-state index contributed by atoms with van der Waals surface area (Å²) in [7, 11) is 1.68. The van der Waals surface area contributed by atoms with Gasteiger partial charge in [0.15, 0.2) is 0 Å². The van der Waals surface area contributed by atoms with E-state index in [1.54, 1.807) is 13.2 Å². The quantitative estimate of drug-likeness (QED) is 0.802. The molecule has 120 valence electrons. The molecular formula is C18H26N2O2. The van der Waals surface area contributed by atoms with Gasteiger partial charge in [0, 0.05) is 38.8 Å². The Hall–Kier alpha value is -1.81. The lowest BCUT2D eigenvalue weighted by molar-refractivity contribution is -0.125. The number of hydrogen-bond donors (Lipinski definition) is 0. The Bertz CT molecular complexity index is 518. The monoisotopic (exact) mass is 302 g/mol. The number of allylic oxidation sites excluding steroid dienone is 1. The molecule has 22 heavy (non-hydrogen) atoms. The van der Waals surface area contributed by atoms with Crippen LogP contribution >= 0.6 is 0 Å². The van der Waals surface area contributed by atoms with Crippen molar-refractivity contribution >= 4 is 5.91 Å². The molecule has 1 aliphatic heterocycles. The SMILES string of the molecule is COc1ccc(CN2CCCN(C(=O)C=C(C)C)CC2)cc1. The summed E-state index contributed by atoms with van der Waals surface area (Å²) in [5.74, 6) is 1.03. The second-order valence-electron chi connectivity index (χ2n) is 6.02. The number of amides is 1. The lowest BCUT2D eigenvalue weighted by Crippen LogP contribution is -2.34. The zero-order valence-electron chi connectivity index (χ0n) is 13.8. The van der Waals surface area contributed by atoms with Gasteiger partial charge in [0.1, 0.15) is 5.75 Å². The third kappa shape index (κ3) is 4.88. The standard InChI is InChI=1S/C18H26N2O2/c1-15(2)13-18(21)20-10-4-9-19(11-12-20)14-16-5-7-17(22-3)8-6-16/h5-8,13H,4,9-12,14H2,1-3H3. The molecule has 0 atom stereocenters. The number of ether oxygens (including phenoxy) is 1. The summed E-state index contributed by atoms with van der Waals surface area (Å²) in [4.78, 5) is 16.5. The van der Waals surface area contributed by atoms with Crippen LogP contribution in [0, 0.1) is 0 Å². The fourth-order valence-corrected chi connectivity index (χ4v) is 2.68. The molecule has 0 radical (unpaired) electrons. The van der Waals surface area contributed by atoms with Crippen LogP contribution < -0.4 is 4.74 Å². The summed E-state index contributed by atoms with van der Waals surface area (Å²) < 4.78 is 5.19. The van der Waals surface area contributed by atoms with Crippen molar-refractivity contribution in [2.24, 2.45) is 0 Å². The maximum atomic E-state index is 12.1. The molecule has 2 rings (SSSR count). The highest BCUT2D eigenvalue weighted by atomic mass is 16.5. The number of carbonyl (C=O) groups is 1. The van der Waals surface area contributed by atoms with Crippen molar-refractivity contribution in [2.75, 3.05) is 33.3 Å². The minimum atomic E-state index is 0.145. The lowest BCUT2D eigenvalue weighted by atomic mass is 10.2. The fraction of sp³-hybridized carbons (Fsp3) is 0.500. The summed E-state index contributed by atoms with van der Waals surface area (Å²) in [6.45, 7) is 8.46. The molecule has 0 saturated carbocycles. The van der Waals surface area contributed by atoms with Gasteiger partial charge in [-0.3, -0.25) is 9.69 Å². The highest BCUT2D eigenvalue weighted by Crippen LogP contribution is 2.14. The predicted molar refractivity (Wildman–Crippen MR) is 88.9 cm³/mol. The van der Waals surface area contributed by atoms with Crippen molar-refractivity contribution < 1.29 is 9.53 Å². The molecule has 1 aliphatic rings. The molecule has 4 heteroatoms. The number of nitrogens with zero attached hydrogens (tertiary/aromatic N) is 2. The smallest absolute Gasteiger partial charge is 0.246 e.